The minimum absolute atomic E-state index is 0.383. The summed E-state index contributed by atoms with van der Waals surface area (Å²) in [6.45, 7) is 4.30. The van der Waals surface area contributed by atoms with E-state index in [1.54, 1.807) is 0 Å². The highest BCUT2D eigenvalue weighted by molar-refractivity contribution is 6.34. The van der Waals surface area contributed by atoms with Crippen LogP contribution in [0.1, 0.15) is 25.3 Å². The lowest BCUT2D eigenvalue weighted by Gasteiger charge is -2.10. The molecule has 1 heterocycles. The molecular formula is C17H15ClN2O. The summed E-state index contributed by atoms with van der Waals surface area (Å²) in [4.78, 5) is 0. The average molecular weight is 299 g/mol. The Morgan fingerprint density at radius 2 is 1.71 bits per heavy atom. The molecule has 0 fully saturated rings. The first-order valence-corrected chi connectivity index (χ1v) is 7.21. The second-order valence-electron chi connectivity index (χ2n) is 5.17. The van der Waals surface area contributed by atoms with E-state index in [1.807, 2.05) is 42.5 Å². The highest BCUT2D eigenvalue weighted by Crippen LogP contribution is 2.31. The van der Waals surface area contributed by atoms with Crippen molar-refractivity contribution < 1.29 is 4.74 Å². The fourth-order valence-electron chi connectivity index (χ4n) is 2.17. The zero-order valence-electron chi connectivity index (χ0n) is 11.9. The summed E-state index contributed by atoms with van der Waals surface area (Å²) in [5.41, 5.74) is 1.22. The molecule has 0 saturated heterocycles. The monoisotopic (exact) mass is 298 g/mol. The molecule has 0 atom stereocenters. The fraction of sp³-hybridized carbons (Fsp3) is 0.176. The summed E-state index contributed by atoms with van der Waals surface area (Å²) in [6.07, 6.45) is 0. The maximum absolute atomic E-state index is 6.07. The third-order valence-electron chi connectivity index (χ3n) is 3.35. The Kier molecular flexibility index (Phi) is 3.76. The van der Waals surface area contributed by atoms with E-state index in [-0.39, 0.29) is 0 Å². The lowest BCUT2D eigenvalue weighted by molar-refractivity contribution is 0.461. The molecule has 0 spiro atoms. The van der Waals surface area contributed by atoms with Crippen LogP contribution in [0.25, 0.3) is 10.8 Å². The van der Waals surface area contributed by atoms with Gasteiger partial charge in [-0.15, -0.1) is 10.2 Å². The van der Waals surface area contributed by atoms with Crippen molar-refractivity contribution in [2.75, 3.05) is 0 Å². The summed E-state index contributed by atoms with van der Waals surface area (Å²) < 4.78 is 5.91. The van der Waals surface area contributed by atoms with Crippen molar-refractivity contribution in [3.63, 3.8) is 0 Å². The van der Waals surface area contributed by atoms with Gasteiger partial charge in [0.15, 0.2) is 5.15 Å². The Morgan fingerprint density at radius 1 is 0.952 bits per heavy atom. The average Bonchev–Trinajstić information content (AvgIpc) is 2.51. The van der Waals surface area contributed by atoms with Gasteiger partial charge in [-0.1, -0.05) is 55.8 Å². The number of benzene rings is 2. The van der Waals surface area contributed by atoms with Crippen molar-refractivity contribution in [2.24, 2.45) is 0 Å². The molecule has 0 bridgehead atoms. The Balaban J connectivity index is 2.02. The second-order valence-corrected chi connectivity index (χ2v) is 5.53. The summed E-state index contributed by atoms with van der Waals surface area (Å²) >= 11 is 6.07. The standard InChI is InChI=1S/C17H15ClN2O/c1-11(2)12-6-5-7-13(10-12)21-17-15-9-4-3-8-14(15)16(18)19-20-17/h3-11H,1-2H3. The first-order chi connectivity index (χ1) is 10.1. The molecule has 3 aromatic rings. The number of hydrogen-bond acceptors (Lipinski definition) is 3. The van der Waals surface area contributed by atoms with Crippen molar-refractivity contribution in [1.82, 2.24) is 10.2 Å². The third-order valence-corrected chi connectivity index (χ3v) is 3.63. The molecule has 0 radical (unpaired) electrons. The second kappa shape index (κ2) is 5.70. The Labute approximate surface area is 128 Å². The molecule has 0 N–H and O–H groups in total. The van der Waals surface area contributed by atoms with Gasteiger partial charge in [0.1, 0.15) is 5.75 Å². The highest BCUT2D eigenvalue weighted by Gasteiger charge is 2.10. The van der Waals surface area contributed by atoms with Crippen molar-refractivity contribution in [3.8, 4) is 11.6 Å². The van der Waals surface area contributed by atoms with E-state index in [9.17, 15) is 0 Å². The van der Waals surface area contributed by atoms with Crippen LogP contribution in [0.4, 0.5) is 0 Å². The number of rotatable bonds is 3. The SMILES string of the molecule is CC(C)c1cccc(Oc2nnc(Cl)c3ccccc23)c1. The van der Waals surface area contributed by atoms with Gasteiger partial charge in [-0.05, 0) is 29.7 Å². The van der Waals surface area contributed by atoms with E-state index in [4.69, 9.17) is 16.3 Å². The molecule has 4 heteroatoms. The molecule has 2 aromatic carbocycles. The molecule has 0 aliphatic carbocycles. The number of fused-ring (bicyclic) bond motifs is 1. The maximum Gasteiger partial charge on any atom is 0.246 e. The third kappa shape index (κ3) is 2.83. The molecule has 1 aromatic heterocycles. The predicted octanol–water partition coefficient (Wildman–Crippen LogP) is 5.20. The fourth-order valence-corrected chi connectivity index (χ4v) is 2.37. The molecule has 3 rings (SSSR count). The molecule has 106 valence electrons. The normalized spacial score (nSPS) is 11.0. The van der Waals surface area contributed by atoms with Gasteiger partial charge in [0.25, 0.3) is 0 Å². The van der Waals surface area contributed by atoms with Gasteiger partial charge in [-0.3, -0.25) is 0 Å². The molecule has 0 aliphatic rings. The van der Waals surface area contributed by atoms with Gasteiger partial charge in [-0.25, -0.2) is 0 Å². The molecule has 0 saturated carbocycles. The van der Waals surface area contributed by atoms with E-state index >= 15 is 0 Å². The van der Waals surface area contributed by atoms with Gasteiger partial charge in [0.2, 0.25) is 5.88 Å². The van der Waals surface area contributed by atoms with Crippen LogP contribution in [-0.4, -0.2) is 10.2 Å². The molecule has 3 nitrogen and oxygen atoms in total. The van der Waals surface area contributed by atoms with Crippen LogP contribution in [-0.2, 0) is 0 Å². The van der Waals surface area contributed by atoms with Crippen LogP contribution < -0.4 is 4.74 Å². The van der Waals surface area contributed by atoms with Crippen LogP contribution in [0.2, 0.25) is 5.15 Å². The Bertz CT molecular complexity index is 787. The van der Waals surface area contributed by atoms with Gasteiger partial charge in [0, 0.05) is 10.8 Å². The number of ether oxygens (including phenoxy) is 1. The van der Waals surface area contributed by atoms with Crippen LogP contribution in [0.3, 0.4) is 0 Å². The van der Waals surface area contributed by atoms with Crippen molar-refractivity contribution in [2.45, 2.75) is 19.8 Å². The van der Waals surface area contributed by atoms with Gasteiger partial charge in [-0.2, -0.15) is 0 Å². The molecule has 0 amide bonds. The minimum atomic E-state index is 0.383. The smallest absolute Gasteiger partial charge is 0.246 e. The first-order valence-electron chi connectivity index (χ1n) is 6.84. The largest absolute Gasteiger partial charge is 0.437 e. The first kappa shape index (κ1) is 13.8. The van der Waals surface area contributed by atoms with E-state index in [1.165, 1.54) is 5.56 Å². The van der Waals surface area contributed by atoms with Crippen LogP contribution in [0.5, 0.6) is 11.6 Å². The molecule has 21 heavy (non-hydrogen) atoms. The molecular weight excluding hydrogens is 284 g/mol. The number of aromatic nitrogens is 2. The lowest BCUT2D eigenvalue weighted by Crippen LogP contribution is -1.94. The van der Waals surface area contributed by atoms with E-state index in [2.05, 4.69) is 30.1 Å². The van der Waals surface area contributed by atoms with E-state index in [0.717, 1.165) is 16.5 Å². The summed E-state index contributed by atoms with van der Waals surface area (Å²) in [7, 11) is 0. The lowest BCUT2D eigenvalue weighted by atomic mass is 10.0. The summed E-state index contributed by atoms with van der Waals surface area (Å²) in [6, 6.07) is 15.7. The van der Waals surface area contributed by atoms with Crippen molar-refractivity contribution >= 4 is 22.4 Å². The molecule has 0 aliphatic heterocycles. The number of hydrogen-bond donors (Lipinski definition) is 0. The predicted molar refractivity (Wildman–Crippen MR) is 85.2 cm³/mol. The zero-order chi connectivity index (χ0) is 14.8. The van der Waals surface area contributed by atoms with Gasteiger partial charge < -0.3 is 4.74 Å². The van der Waals surface area contributed by atoms with Gasteiger partial charge in [0.05, 0.1) is 0 Å². The van der Waals surface area contributed by atoms with Crippen LogP contribution >= 0.6 is 11.6 Å². The Hall–Kier alpha value is -2.13. The van der Waals surface area contributed by atoms with E-state index in [0.29, 0.717) is 17.0 Å². The minimum Gasteiger partial charge on any atom is -0.437 e. The van der Waals surface area contributed by atoms with E-state index < -0.39 is 0 Å². The van der Waals surface area contributed by atoms with Gasteiger partial charge >= 0.3 is 0 Å². The topological polar surface area (TPSA) is 35.0 Å². The maximum atomic E-state index is 6.07. The highest BCUT2D eigenvalue weighted by atomic mass is 35.5. The van der Waals surface area contributed by atoms with Crippen LogP contribution in [0.15, 0.2) is 48.5 Å². The zero-order valence-corrected chi connectivity index (χ0v) is 12.6. The quantitative estimate of drug-likeness (QED) is 0.666. The number of halogens is 1. The van der Waals surface area contributed by atoms with Crippen LogP contribution in [0, 0.1) is 0 Å². The van der Waals surface area contributed by atoms with Crippen molar-refractivity contribution in [3.05, 3.63) is 59.2 Å². The summed E-state index contributed by atoms with van der Waals surface area (Å²) in [5, 5.41) is 10.1. The summed E-state index contributed by atoms with van der Waals surface area (Å²) in [5.74, 6) is 1.67. The number of nitrogens with zero attached hydrogens (tertiary/aromatic N) is 2. The Morgan fingerprint density at radius 3 is 2.48 bits per heavy atom. The van der Waals surface area contributed by atoms with Crippen molar-refractivity contribution in [1.29, 1.82) is 0 Å². The molecule has 0 unspecified atom stereocenters.